The Hall–Kier alpha value is -11.7. The largest absolute Gasteiger partial charge is 0.0622 e. The van der Waals surface area contributed by atoms with Gasteiger partial charge in [-0.05, 0) is 246 Å². The van der Waals surface area contributed by atoms with Crippen molar-refractivity contribution >= 4 is 0 Å². The fourth-order valence-corrected chi connectivity index (χ4v) is 15.8. The van der Waals surface area contributed by atoms with Crippen molar-refractivity contribution in [3.8, 4) is 0 Å². The average Bonchev–Trinajstić information content (AvgIpc) is 0.819. The van der Waals surface area contributed by atoms with E-state index in [0.29, 0.717) is 0 Å². The predicted molar refractivity (Wildman–Crippen MR) is 436 cm³/mol. The van der Waals surface area contributed by atoms with Crippen molar-refractivity contribution in [2.45, 2.75) is 89.9 Å². The molecule has 0 bridgehead atoms. The molecule has 0 amide bonds. The summed E-state index contributed by atoms with van der Waals surface area (Å²) in [4.78, 5) is 0. The monoisotopic (exact) mass is 1340 g/mol. The molecular weight excluding hydrogens is 1250 g/mol. The van der Waals surface area contributed by atoms with Crippen LogP contribution in [0.4, 0.5) is 0 Å². The summed E-state index contributed by atoms with van der Waals surface area (Å²) in [6, 6.07) is 142. The molecule has 0 spiro atoms. The molecule has 506 valence electrons. The summed E-state index contributed by atoms with van der Waals surface area (Å²) >= 11 is 0. The zero-order valence-corrected chi connectivity index (χ0v) is 59.7. The Kier molecular flexibility index (Phi) is 22.2. The molecule has 15 aromatic rings. The first-order valence-corrected chi connectivity index (χ1v) is 37.4. The lowest BCUT2D eigenvalue weighted by Gasteiger charge is -2.16. The summed E-state index contributed by atoms with van der Waals surface area (Å²) in [7, 11) is 0. The fourth-order valence-electron chi connectivity index (χ4n) is 15.8. The van der Waals surface area contributed by atoms with Crippen LogP contribution in [0.5, 0.6) is 0 Å². The van der Waals surface area contributed by atoms with Crippen molar-refractivity contribution in [3.05, 3.63) is 532 Å². The minimum Gasteiger partial charge on any atom is -0.0622 e. The topological polar surface area (TPSA) is 0 Å². The highest BCUT2D eigenvalue weighted by Crippen LogP contribution is 2.30. The molecule has 0 saturated carbocycles. The van der Waals surface area contributed by atoms with Crippen LogP contribution in [0.1, 0.15) is 156 Å². The van der Waals surface area contributed by atoms with Crippen LogP contribution in [-0.4, -0.2) is 0 Å². The van der Waals surface area contributed by atoms with E-state index in [1.54, 1.807) is 0 Å². The lowest BCUT2D eigenvalue weighted by atomic mass is 9.89. The quantitative estimate of drug-likeness (QED) is 0.0458. The molecule has 0 unspecified atom stereocenters. The van der Waals surface area contributed by atoms with Gasteiger partial charge in [0, 0.05) is 0 Å². The maximum atomic E-state index is 2.51. The first kappa shape index (κ1) is 68.1. The van der Waals surface area contributed by atoms with Crippen molar-refractivity contribution < 1.29 is 0 Å². The van der Waals surface area contributed by atoms with E-state index < -0.39 is 0 Å². The second kappa shape index (κ2) is 33.9. The van der Waals surface area contributed by atoms with Gasteiger partial charge in [-0.15, -0.1) is 0 Å². The van der Waals surface area contributed by atoms with Crippen molar-refractivity contribution in [1.82, 2.24) is 0 Å². The number of benzene rings is 15. The molecule has 0 nitrogen and oxygen atoms in total. The zero-order chi connectivity index (χ0) is 69.9. The maximum absolute atomic E-state index is 2.51. The van der Waals surface area contributed by atoms with Gasteiger partial charge in [0.25, 0.3) is 0 Å². The summed E-state index contributed by atoms with van der Waals surface area (Å²) < 4.78 is 0. The van der Waals surface area contributed by atoms with Crippen molar-refractivity contribution in [3.63, 3.8) is 0 Å². The third-order valence-corrected chi connectivity index (χ3v) is 20.1. The van der Waals surface area contributed by atoms with E-state index in [1.165, 1.54) is 156 Å². The van der Waals surface area contributed by atoms with Gasteiger partial charge in [0.05, 0.1) is 0 Å². The molecule has 15 rings (SSSR count). The molecule has 15 aromatic carbocycles. The normalized spacial score (nSPS) is 11.2. The smallest absolute Gasteiger partial charge is 0.00254 e. The molecule has 0 aliphatic heterocycles. The number of hydrogen-bond donors (Lipinski definition) is 0. The molecule has 0 saturated heterocycles. The molecule has 0 fully saturated rings. The Bertz CT molecular complexity index is 4380. The van der Waals surface area contributed by atoms with Gasteiger partial charge in [-0.3, -0.25) is 0 Å². The third kappa shape index (κ3) is 19.9. The molecule has 0 aliphatic carbocycles. The van der Waals surface area contributed by atoms with E-state index >= 15 is 0 Å². The molecule has 0 aliphatic rings. The van der Waals surface area contributed by atoms with Crippen LogP contribution < -0.4 is 0 Å². The van der Waals surface area contributed by atoms with Gasteiger partial charge in [-0.1, -0.05) is 376 Å². The van der Waals surface area contributed by atoms with Crippen LogP contribution in [0.3, 0.4) is 0 Å². The first-order chi connectivity index (χ1) is 51.3. The van der Waals surface area contributed by atoms with Gasteiger partial charge in [-0.25, -0.2) is 0 Å². The summed E-state index contributed by atoms with van der Waals surface area (Å²) in [5, 5.41) is 0. The molecule has 0 atom stereocenters. The van der Waals surface area contributed by atoms with Crippen molar-refractivity contribution in [2.24, 2.45) is 0 Å². The highest BCUT2D eigenvalue weighted by molar-refractivity contribution is 5.49. The minimum atomic E-state index is 0.829. The Balaban J connectivity index is 0.780. The Morgan fingerprint density at radius 1 is 0.0769 bits per heavy atom. The molecule has 0 N–H and O–H groups in total. The summed E-state index contributed by atoms with van der Waals surface area (Å²) in [5.74, 6) is 0. The van der Waals surface area contributed by atoms with E-state index in [4.69, 9.17) is 0 Å². The van der Waals surface area contributed by atoms with Crippen LogP contribution in [0, 0.1) is 0 Å². The summed E-state index contributed by atoms with van der Waals surface area (Å²) in [5.41, 5.74) is 37.6. The average molecular weight is 1340 g/mol. The Morgan fingerprint density at radius 3 is 0.288 bits per heavy atom. The maximum Gasteiger partial charge on any atom is -0.00254 e. The van der Waals surface area contributed by atoms with Gasteiger partial charge in [0.15, 0.2) is 0 Å². The molecule has 0 aromatic heterocycles. The van der Waals surface area contributed by atoms with Crippen LogP contribution in [0.2, 0.25) is 0 Å². The fraction of sp³-hybridized carbons (Fsp3) is 0.135. The van der Waals surface area contributed by atoms with Gasteiger partial charge in [0.2, 0.25) is 0 Å². The Morgan fingerprint density at radius 2 is 0.163 bits per heavy atom. The predicted octanol–water partition coefficient (Wildman–Crippen LogP) is 24.0. The van der Waals surface area contributed by atoms with Crippen molar-refractivity contribution in [1.29, 1.82) is 0 Å². The molecule has 104 heavy (non-hydrogen) atoms. The lowest BCUT2D eigenvalue weighted by Crippen LogP contribution is -2.02. The zero-order valence-electron chi connectivity index (χ0n) is 59.7. The summed E-state index contributed by atoms with van der Waals surface area (Å²) in [6.45, 7) is 0. The van der Waals surface area contributed by atoms with E-state index in [9.17, 15) is 0 Å². The molecule has 0 radical (unpaired) electrons. The van der Waals surface area contributed by atoms with Crippen LogP contribution in [0.15, 0.2) is 376 Å². The van der Waals surface area contributed by atoms with E-state index in [2.05, 4.69) is 376 Å². The molecular formula is C104H90. The van der Waals surface area contributed by atoms with Crippen LogP contribution >= 0.6 is 0 Å². The SMILES string of the molecule is c1ccc(Cc2cc(Cc3ccccc3)cc(Cc3cc(Cc4cccc(Cc5cc(Cc6cc(Cc7ccccc7)cc(Cc7ccccc7)c6)cc(Cc6cc(Cc7ccccc7)cc(Cc7ccccc7)c6)c5)c4)cc(Cc4cc(Cc5ccccc5)cc(Cc5ccccc5)c4)c3)c2)cc1. The highest BCUT2D eigenvalue weighted by atomic mass is 14.2. The van der Waals surface area contributed by atoms with E-state index in [-0.39, 0.29) is 0 Å². The van der Waals surface area contributed by atoms with E-state index in [0.717, 1.165) is 89.9 Å². The minimum absolute atomic E-state index is 0.829. The standard InChI is InChI=1S/C104H90/c1-9-26-77(27-10-1)44-87-55-88(45-78-28-11-2-12-29-78)60-97(59-87)71-101-67-95(68-102(75-101)72-98-61-89(46-79-30-13-3-14-31-79)56-90(62-98)47-80-32-15-4-16-33-80)53-85-42-25-43-86(52-85)54-96-69-103(73-99-63-91(48-81-34-17-5-18-35-81)57-92(64-99)49-82-36-19-6-20-37-82)76-104(70-96)74-100-65-93(50-83-38-21-7-22-39-83)58-94(66-100)51-84-40-23-8-24-41-84/h1-43,52,55-70,75-76H,44-51,53-54,71-74H2. The molecule has 0 heterocycles. The number of rotatable bonds is 28. The highest BCUT2D eigenvalue weighted by Gasteiger charge is 2.15. The van der Waals surface area contributed by atoms with Crippen molar-refractivity contribution in [2.75, 3.05) is 0 Å². The van der Waals surface area contributed by atoms with Crippen LogP contribution in [0.25, 0.3) is 0 Å². The Labute approximate surface area is 617 Å². The summed E-state index contributed by atoms with van der Waals surface area (Å²) in [6.07, 6.45) is 12.2. The molecule has 0 heteroatoms. The third-order valence-electron chi connectivity index (χ3n) is 20.1. The van der Waals surface area contributed by atoms with Gasteiger partial charge in [-0.2, -0.15) is 0 Å². The lowest BCUT2D eigenvalue weighted by molar-refractivity contribution is 1.05. The first-order valence-electron chi connectivity index (χ1n) is 37.4. The number of hydrogen-bond acceptors (Lipinski definition) is 0. The van der Waals surface area contributed by atoms with E-state index in [1.807, 2.05) is 0 Å². The van der Waals surface area contributed by atoms with Gasteiger partial charge < -0.3 is 0 Å². The van der Waals surface area contributed by atoms with Crippen LogP contribution in [-0.2, 0) is 89.9 Å². The second-order valence-corrected chi connectivity index (χ2v) is 29.1. The second-order valence-electron chi connectivity index (χ2n) is 29.1. The van der Waals surface area contributed by atoms with Gasteiger partial charge in [0.1, 0.15) is 0 Å². The van der Waals surface area contributed by atoms with Gasteiger partial charge >= 0.3 is 0 Å².